The minimum Gasteiger partial charge on any atom is -0.497 e. The molecule has 0 bridgehead atoms. The first kappa shape index (κ1) is 24.5. The number of pyridine rings is 1. The van der Waals surface area contributed by atoms with Gasteiger partial charge in [-0.3, -0.25) is 19.5 Å². The molecule has 1 atom stereocenters. The molecule has 1 unspecified atom stereocenters. The van der Waals surface area contributed by atoms with Crippen LogP contribution in [0.1, 0.15) is 22.7 Å². The van der Waals surface area contributed by atoms with Gasteiger partial charge >= 0.3 is 6.18 Å². The summed E-state index contributed by atoms with van der Waals surface area (Å²) in [7, 11) is 1.52. The molecule has 0 aliphatic carbocycles. The van der Waals surface area contributed by atoms with Crippen LogP contribution in [0.15, 0.2) is 79.6 Å². The van der Waals surface area contributed by atoms with E-state index in [4.69, 9.17) is 4.74 Å². The Balaban J connectivity index is 2.07. The molecule has 3 aromatic rings. The standard InChI is InChI=1S/C25H22F3N3O3/c1-4-22(32)31(19-9-7-18(8-10-19)25(26,27)28)23(17-6-5-13-29-15-17)24(33)30-21-12-11-20(34-3)14-16(21)2/h4-15,23H,1H2,2-3H3,(H,30,33). The second kappa shape index (κ2) is 10.2. The lowest BCUT2D eigenvalue weighted by Gasteiger charge is -2.30. The lowest BCUT2D eigenvalue weighted by molar-refractivity contribution is -0.137. The molecule has 0 fully saturated rings. The normalized spacial score (nSPS) is 11.9. The number of carbonyl (C=O) groups excluding carboxylic acids is 2. The van der Waals surface area contributed by atoms with Gasteiger partial charge in [-0.15, -0.1) is 0 Å². The molecule has 0 saturated heterocycles. The van der Waals surface area contributed by atoms with E-state index in [-0.39, 0.29) is 5.69 Å². The largest absolute Gasteiger partial charge is 0.497 e. The number of nitrogens with one attached hydrogen (secondary N) is 1. The summed E-state index contributed by atoms with van der Waals surface area (Å²) in [6, 6.07) is 11.0. The fraction of sp³-hybridized carbons (Fsp3) is 0.160. The molecule has 1 heterocycles. The minimum atomic E-state index is -4.54. The molecule has 0 radical (unpaired) electrons. The number of alkyl halides is 3. The maximum absolute atomic E-state index is 13.5. The first-order valence-electron chi connectivity index (χ1n) is 10.1. The van der Waals surface area contributed by atoms with Gasteiger partial charge in [0.2, 0.25) is 0 Å². The van der Waals surface area contributed by atoms with E-state index in [2.05, 4.69) is 16.9 Å². The molecule has 0 spiro atoms. The third-order valence-corrected chi connectivity index (χ3v) is 5.08. The minimum absolute atomic E-state index is 0.0911. The van der Waals surface area contributed by atoms with E-state index in [0.29, 0.717) is 22.6 Å². The van der Waals surface area contributed by atoms with Crippen molar-refractivity contribution in [2.75, 3.05) is 17.3 Å². The Kier molecular flexibility index (Phi) is 7.35. The smallest absolute Gasteiger partial charge is 0.416 e. The van der Waals surface area contributed by atoms with Gasteiger partial charge in [0.1, 0.15) is 11.8 Å². The summed E-state index contributed by atoms with van der Waals surface area (Å²) >= 11 is 0. The van der Waals surface area contributed by atoms with Crippen LogP contribution < -0.4 is 15.0 Å². The van der Waals surface area contributed by atoms with Crippen molar-refractivity contribution in [1.29, 1.82) is 0 Å². The van der Waals surface area contributed by atoms with E-state index in [9.17, 15) is 22.8 Å². The molecule has 176 valence electrons. The Morgan fingerprint density at radius 2 is 1.85 bits per heavy atom. The van der Waals surface area contributed by atoms with Gasteiger partial charge in [-0.05, 0) is 67.1 Å². The highest BCUT2D eigenvalue weighted by atomic mass is 19.4. The summed E-state index contributed by atoms with van der Waals surface area (Å²) in [5, 5.41) is 2.79. The van der Waals surface area contributed by atoms with Crippen molar-refractivity contribution in [3.63, 3.8) is 0 Å². The number of ether oxygens (including phenoxy) is 1. The number of rotatable bonds is 7. The lowest BCUT2D eigenvalue weighted by atomic mass is 10.0. The Bertz CT molecular complexity index is 1180. The summed E-state index contributed by atoms with van der Waals surface area (Å²) in [5.74, 6) is -0.654. The zero-order valence-electron chi connectivity index (χ0n) is 18.5. The highest BCUT2D eigenvalue weighted by molar-refractivity contribution is 6.09. The number of hydrogen-bond acceptors (Lipinski definition) is 4. The Morgan fingerprint density at radius 1 is 1.15 bits per heavy atom. The molecule has 9 heteroatoms. The Morgan fingerprint density at radius 3 is 2.38 bits per heavy atom. The molecule has 0 aliphatic rings. The van der Waals surface area contributed by atoms with Crippen LogP contribution in [0.25, 0.3) is 0 Å². The molecule has 2 aromatic carbocycles. The van der Waals surface area contributed by atoms with Crippen molar-refractivity contribution in [3.8, 4) is 5.75 Å². The number of benzene rings is 2. The van der Waals surface area contributed by atoms with Crippen LogP contribution in [0.4, 0.5) is 24.5 Å². The molecule has 1 N–H and O–H groups in total. The topological polar surface area (TPSA) is 71.5 Å². The predicted octanol–water partition coefficient (Wildman–Crippen LogP) is 5.32. The quantitative estimate of drug-likeness (QED) is 0.476. The van der Waals surface area contributed by atoms with Crippen LogP contribution in [0.3, 0.4) is 0 Å². The second-order valence-corrected chi connectivity index (χ2v) is 7.32. The number of amides is 2. The van der Waals surface area contributed by atoms with Crippen LogP contribution in [-0.2, 0) is 15.8 Å². The van der Waals surface area contributed by atoms with Crippen molar-refractivity contribution in [3.05, 3.63) is 96.3 Å². The van der Waals surface area contributed by atoms with E-state index in [1.54, 1.807) is 37.3 Å². The van der Waals surface area contributed by atoms with Crippen molar-refractivity contribution in [2.45, 2.75) is 19.1 Å². The fourth-order valence-electron chi connectivity index (χ4n) is 3.37. The van der Waals surface area contributed by atoms with Crippen molar-refractivity contribution in [1.82, 2.24) is 4.98 Å². The van der Waals surface area contributed by atoms with E-state index >= 15 is 0 Å². The van der Waals surface area contributed by atoms with E-state index in [1.807, 2.05) is 0 Å². The van der Waals surface area contributed by atoms with Crippen LogP contribution in [-0.4, -0.2) is 23.9 Å². The first-order valence-corrected chi connectivity index (χ1v) is 10.1. The average molecular weight is 469 g/mol. The lowest BCUT2D eigenvalue weighted by Crippen LogP contribution is -2.41. The van der Waals surface area contributed by atoms with Gasteiger partial charge in [0.25, 0.3) is 11.8 Å². The molecule has 34 heavy (non-hydrogen) atoms. The van der Waals surface area contributed by atoms with Gasteiger partial charge < -0.3 is 10.1 Å². The zero-order valence-corrected chi connectivity index (χ0v) is 18.5. The van der Waals surface area contributed by atoms with E-state index in [0.717, 1.165) is 35.2 Å². The van der Waals surface area contributed by atoms with Crippen LogP contribution in [0, 0.1) is 6.92 Å². The van der Waals surface area contributed by atoms with E-state index in [1.165, 1.54) is 19.5 Å². The Hall–Kier alpha value is -4.14. The van der Waals surface area contributed by atoms with Crippen LogP contribution >= 0.6 is 0 Å². The summed E-state index contributed by atoms with van der Waals surface area (Å²) in [4.78, 5) is 31.5. The highest BCUT2D eigenvalue weighted by Crippen LogP contribution is 2.34. The number of carbonyl (C=O) groups is 2. The monoisotopic (exact) mass is 469 g/mol. The molecule has 6 nitrogen and oxygen atoms in total. The predicted molar refractivity (Wildman–Crippen MR) is 122 cm³/mol. The molecule has 0 saturated carbocycles. The second-order valence-electron chi connectivity index (χ2n) is 7.32. The number of methoxy groups -OCH3 is 1. The molecule has 0 aliphatic heterocycles. The molecule has 2 amide bonds. The summed E-state index contributed by atoms with van der Waals surface area (Å²) in [5.41, 5.74) is 0.778. The third-order valence-electron chi connectivity index (χ3n) is 5.08. The Labute approximate surface area is 194 Å². The third kappa shape index (κ3) is 5.43. The maximum atomic E-state index is 13.5. The first-order chi connectivity index (χ1) is 16.2. The average Bonchev–Trinajstić information content (AvgIpc) is 2.83. The molecule has 1 aromatic heterocycles. The number of aromatic nitrogens is 1. The van der Waals surface area contributed by atoms with Gasteiger partial charge in [0.05, 0.1) is 12.7 Å². The van der Waals surface area contributed by atoms with Crippen LogP contribution in [0.5, 0.6) is 5.75 Å². The van der Waals surface area contributed by atoms with Gasteiger partial charge in [-0.25, -0.2) is 0 Å². The SMILES string of the molecule is C=CC(=O)N(c1ccc(C(F)(F)F)cc1)C(C(=O)Nc1ccc(OC)cc1C)c1cccnc1. The van der Waals surface area contributed by atoms with Gasteiger partial charge in [-0.1, -0.05) is 12.6 Å². The molecular weight excluding hydrogens is 447 g/mol. The van der Waals surface area contributed by atoms with Crippen molar-refractivity contribution >= 4 is 23.2 Å². The summed E-state index contributed by atoms with van der Waals surface area (Å²) in [6.45, 7) is 5.26. The van der Waals surface area contributed by atoms with Gasteiger partial charge in [0, 0.05) is 29.3 Å². The number of anilines is 2. The van der Waals surface area contributed by atoms with Crippen LogP contribution in [0.2, 0.25) is 0 Å². The summed E-state index contributed by atoms with van der Waals surface area (Å²) < 4.78 is 44.3. The highest BCUT2D eigenvalue weighted by Gasteiger charge is 2.34. The van der Waals surface area contributed by atoms with E-state index < -0.39 is 29.6 Å². The van der Waals surface area contributed by atoms with Crippen molar-refractivity contribution in [2.24, 2.45) is 0 Å². The number of nitrogens with zero attached hydrogens (tertiary/aromatic N) is 2. The zero-order chi connectivity index (χ0) is 24.9. The fourth-order valence-corrected chi connectivity index (χ4v) is 3.37. The number of hydrogen-bond donors (Lipinski definition) is 1. The number of aryl methyl sites for hydroxylation is 1. The molecule has 3 rings (SSSR count). The van der Waals surface area contributed by atoms with Crippen molar-refractivity contribution < 1.29 is 27.5 Å². The van der Waals surface area contributed by atoms with Gasteiger partial charge in [0.15, 0.2) is 0 Å². The maximum Gasteiger partial charge on any atom is 0.416 e. The number of halogens is 3. The summed E-state index contributed by atoms with van der Waals surface area (Å²) in [6.07, 6.45) is -0.632. The molecular formula is C25H22F3N3O3. The van der Waals surface area contributed by atoms with Gasteiger partial charge in [-0.2, -0.15) is 13.2 Å².